The molecule has 0 aliphatic heterocycles. The van der Waals surface area contributed by atoms with Crippen molar-refractivity contribution in [3.8, 4) is 17.2 Å². The summed E-state index contributed by atoms with van der Waals surface area (Å²) in [5, 5.41) is 13.2. The van der Waals surface area contributed by atoms with Crippen molar-refractivity contribution in [3.63, 3.8) is 0 Å². The number of hydrogen-bond donors (Lipinski definition) is 2. The molecule has 1 amide bonds. The van der Waals surface area contributed by atoms with Crippen molar-refractivity contribution in [1.82, 2.24) is 5.32 Å². The maximum absolute atomic E-state index is 13.0. The average molecular weight is 420 g/mol. The molecule has 31 heavy (non-hydrogen) atoms. The van der Waals surface area contributed by atoms with Gasteiger partial charge >= 0.3 is 0 Å². The summed E-state index contributed by atoms with van der Waals surface area (Å²) in [6.45, 7) is 0.210. The van der Waals surface area contributed by atoms with Gasteiger partial charge < -0.3 is 28.7 Å². The van der Waals surface area contributed by atoms with E-state index < -0.39 is 5.91 Å². The van der Waals surface area contributed by atoms with Gasteiger partial charge in [-0.3, -0.25) is 4.79 Å². The van der Waals surface area contributed by atoms with Crippen LogP contribution in [0, 0.1) is 0 Å². The number of hydrogen-bond acceptors (Lipinski definition) is 7. The molecule has 0 aliphatic rings. The second-order valence-electron chi connectivity index (χ2n) is 6.60. The number of amides is 1. The lowest BCUT2D eigenvalue weighted by Crippen LogP contribution is -2.28. The van der Waals surface area contributed by atoms with Crippen molar-refractivity contribution in [2.45, 2.75) is 6.54 Å². The SMILES string of the molecule is COc1ccc(OC)c(N=c2oc3cc(O)ccc3cc2C(=O)NCc2ccco2)c1. The fourth-order valence-corrected chi connectivity index (χ4v) is 3.02. The number of carbonyl (C=O) groups excluding carboxylic acids is 1. The molecule has 8 heteroatoms. The van der Waals surface area contributed by atoms with Gasteiger partial charge in [0.25, 0.3) is 5.91 Å². The lowest BCUT2D eigenvalue weighted by Gasteiger charge is -2.08. The van der Waals surface area contributed by atoms with Crippen LogP contribution < -0.4 is 20.3 Å². The van der Waals surface area contributed by atoms with Crippen LogP contribution in [0.15, 0.2) is 74.7 Å². The number of nitrogens with zero attached hydrogens (tertiary/aromatic N) is 1. The molecule has 2 aromatic carbocycles. The molecule has 2 heterocycles. The van der Waals surface area contributed by atoms with E-state index in [1.807, 2.05) is 0 Å². The topological polar surface area (TPSA) is 106 Å². The van der Waals surface area contributed by atoms with Crippen LogP contribution in [0.25, 0.3) is 11.0 Å². The lowest BCUT2D eigenvalue weighted by atomic mass is 10.1. The molecule has 2 N–H and O–H groups in total. The highest BCUT2D eigenvalue weighted by Gasteiger charge is 2.15. The minimum atomic E-state index is -0.393. The molecule has 0 atom stereocenters. The van der Waals surface area contributed by atoms with E-state index in [-0.39, 0.29) is 23.4 Å². The quantitative estimate of drug-likeness (QED) is 0.490. The molecule has 0 saturated heterocycles. The van der Waals surface area contributed by atoms with Crippen LogP contribution in [0.2, 0.25) is 0 Å². The van der Waals surface area contributed by atoms with Crippen LogP contribution >= 0.6 is 0 Å². The Labute approximate surface area is 177 Å². The third-order valence-corrected chi connectivity index (χ3v) is 4.59. The van der Waals surface area contributed by atoms with Crippen molar-refractivity contribution >= 4 is 22.6 Å². The number of aromatic hydroxyl groups is 1. The molecule has 0 radical (unpaired) electrons. The Morgan fingerprint density at radius 1 is 1.10 bits per heavy atom. The number of phenolic OH excluding ortho intramolecular Hbond substituents is 1. The number of carbonyl (C=O) groups is 1. The molecule has 4 rings (SSSR count). The van der Waals surface area contributed by atoms with Gasteiger partial charge in [-0.25, -0.2) is 4.99 Å². The highest BCUT2D eigenvalue weighted by atomic mass is 16.5. The van der Waals surface area contributed by atoms with Gasteiger partial charge in [-0.05, 0) is 42.5 Å². The first-order valence-electron chi connectivity index (χ1n) is 9.41. The number of fused-ring (bicyclic) bond motifs is 1. The summed E-state index contributed by atoms with van der Waals surface area (Å²) in [6, 6.07) is 14.9. The molecule has 0 saturated carbocycles. The van der Waals surface area contributed by atoms with E-state index in [9.17, 15) is 9.90 Å². The first kappa shape index (κ1) is 20.1. The molecule has 2 aromatic heterocycles. The van der Waals surface area contributed by atoms with Crippen LogP contribution in [-0.2, 0) is 6.54 Å². The summed E-state index contributed by atoms with van der Waals surface area (Å²) in [4.78, 5) is 17.5. The molecule has 0 aliphatic carbocycles. The van der Waals surface area contributed by atoms with E-state index in [4.69, 9.17) is 18.3 Å². The molecule has 158 valence electrons. The average Bonchev–Trinajstić information content (AvgIpc) is 3.30. The Morgan fingerprint density at radius 3 is 2.71 bits per heavy atom. The number of rotatable bonds is 6. The van der Waals surface area contributed by atoms with Gasteiger partial charge in [-0.1, -0.05) is 0 Å². The van der Waals surface area contributed by atoms with E-state index in [0.29, 0.717) is 33.9 Å². The van der Waals surface area contributed by atoms with Gasteiger partial charge in [0.1, 0.15) is 39.8 Å². The second-order valence-corrected chi connectivity index (χ2v) is 6.60. The molecule has 0 spiro atoms. The van der Waals surface area contributed by atoms with Gasteiger partial charge in [0, 0.05) is 17.5 Å². The first-order valence-corrected chi connectivity index (χ1v) is 9.41. The monoisotopic (exact) mass is 420 g/mol. The van der Waals surface area contributed by atoms with Crippen LogP contribution in [-0.4, -0.2) is 25.2 Å². The lowest BCUT2D eigenvalue weighted by molar-refractivity contribution is 0.0944. The van der Waals surface area contributed by atoms with Gasteiger partial charge in [0.2, 0.25) is 5.55 Å². The maximum Gasteiger partial charge on any atom is 0.257 e. The predicted octanol–water partition coefficient (Wildman–Crippen LogP) is 3.91. The number of phenols is 1. The highest BCUT2D eigenvalue weighted by Crippen LogP contribution is 2.31. The molecular formula is C23H20N2O6. The van der Waals surface area contributed by atoms with Crippen LogP contribution in [0.4, 0.5) is 5.69 Å². The maximum atomic E-state index is 13.0. The Morgan fingerprint density at radius 2 is 1.97 bits per heavy atom. The molecular weight excluding hydrogens is 400 g/mol. The number of furan rings is 1. The fraction of sp³-hybridized carbons (Fsp3) is 0.130. The van der Waals surface area contributed by atoms with Gasteiger partial charge in [-0.2, -0.15) is 0 Å². The third-order valence-electron chi connectivity index (χ3n) is 4.59. The summed E-state index contributed by atoms with van der Waals surface area (Å²) in [7, 11) is 3.07. The minimum absolute atomic E-state index is 0.0381. The zero-order valence-electron chi connectivity index (χ0n) is 16.9. The smallest absolute Gasteiger partial charge is 0.257 e. The molecule has 8 nitrogen and oxygen atoms in total. The second kappa shape index (κ2) is 8.66. The Hall–Kier alpha value is -4.20. The summed E-state index contributed by atoms with van der Waals surface area (Å²) in [5.41, 5.74) is 1.07. The standard InChI is InChI=1S/C23H20N2O6/c1-28-16-7-8-20(29-2)19(12-16)25-23-18(22(27)24-13-17-4-3-9-30-17)10-14-5-6-15(26)11-21(14)31-23/h3-12,26H,13H2,1-2H3,(H,24,27). The summed E-state index contributed by atoms with van der Waals surface area (Å²) in [5.74, 6) is 1.31. The van der Waals surface area contributed by atoms with Gasteiger partial charge in [0.05, 0.1) is 27.0 Å². The van der Waals surface area contributed by atoms with Crippen molar-refractivity contribution in [1.29, 1.82) is 0 Å². The third kappa shape index (κ3) is 4.37. The van der Waals surface area contributed by atoms with E-state index in [0.717, 1.165) is 0 Å². The Bertz CT molecular complexity index is 1290. The van der Waals surface area contributed by atoms with Crippen LogP contribution in [0.1, 0.15) is 16.1 Å². The van der Waals surface area contributed by atoms with E-state index in [2.05, 4.69) is 10.3 Å². The van der Waals surface area contributed by atoms with Crippen LogP contribution in [0.3, 0.4) is 0 Å². The molecule has 4 aromatic rings. The summed E-state index contributed by atoms with van der Waals surface area (Å²) >= 11 is 0. The van der Waals surface area contributed by atoms with Crippen molar-refractivity contribution in [2.24, 2.45) is 4.99 Å². The van der Waals surface area contributed by atoms with Crippen molar-refractivity contribution in [3.05, 3.63) is 77.7 Å². The number of methoxy groups -OCH3 is 2. The Balaban J connectivity index is 1.85. The van der Waals surface area contributed by atoms with Gasteiger partial charge in [-0.15, -0.1) is 0 Å². The highest BCUT2D eigenvalue weighted by molar-refractivity contribution is 5.96. The fourth-order valence-electron chi connectivity index (χ4n) is 3.02. The summed E-state index contributed by atoms with van der Waals surface area (Å²) in [6.07, 6.45) is 1.54. The van der Waals surface area contributed by atoms with Crippen molar-refractivity contribution < 1.29 is 28.2 Å². The zero-order chi connectivity index (χ0) is 21.8. The number of nitrogens with one attached hydrogen (secondary N) is 1. The zero-order valence-corrected chi connectivity index (χ0v) is 16.9. The number of ether oxygens (including phenoxy) is 2. The normalized spacial score (nSPS) is 11.5. The van der Waals surface area contributed by atoms with E-state index in [1.54, 1.807) is 49.6 Å². The summed E-state index contributed by atoms with van der Waals surface area (Å²) < 4.78 is 21.8. The first-order chi connectivity index (χ1) is 15.1. The predicted molar refractivity (Wildman–Crippen MR) is 113 cm³/mol. The molecule has 0 fully saturated rings. The van der Waals surface area contributed by atoms with E-state index in [1.165, 1.54) is 25.5 Å². The minimum Gasteiger partial charge on any atom is -0.508 e. The largest absolute Gasteiger partial charge is 0.508 e. The van der Waals surface area contributed by atoms with Crippen molar-refractivity contribution in [2.75, 3.05) is 14.2 Å². The van der Waals surface area contributed by atoms with Gasteiger partial charge in [0.15, 0.2) is 0 Å². The molecule has 0 unspecified atom stereocenters. The molecule has 0 bridgehead atoms. The number of benzene rings is 2. The van der Waals surface area contributed by atoms with Crippen LogP contribution in [0.5, 0.6) is 17.2 Å². The van der Waals surface area contributed by atoms with E-state index >= 15 is 0 Å². The Kier molecular flexibility index (Phi) is 5.61.